The number of aryl methyl sites for hydroxylation is 1. The van der Waals surface area contributed by atoms with Crippen molar-refractivity contribution in [2.45, 2.75) is 6.92 Å². The molecule has 2 heteroatoms. The summed E-state index contributed by atoms with van der Waals surface area (Å²) in [6, 6.07) is 18.2. The van der Waals surface area contributed by atoms with Gasteiger partial charge in [0.15, 0.2) is 0 Å². The molecule has 0 spiro atoms. The quantitative estimate of drug-likeness (QED) is 0.661. The van der Waals surface area contributed by atoms with E-state index in [1.54, 1.807) is 6.26 Å². The largest absolute Gasteiger partial charge is 0.444 e. The van der Waals surface area contributed by atoms with Gasteiger partial charge in [-0.2, -0.15) is 0 Å². The van der Waals surface area contributed by atoms with Gasteiger partial charge < -0.3 is 4.42 Å². The molecular formula is C16H13NO. The fourth-order valence-corrected chi connectivity index (χ4v) is 1.84. The van der Waals surface area contributed by atoms with Crippen molar-refractivity contribution in [2.24, 2.45) is 0 Å². The van der Waals surface area contributed by atoms with Crippen LogP contribution >= 0.6 is 0 Å². The lowest BCUT2D eigenvalue weighted by Gasteiger charge is -1.96. The minimum Gasteiger partial charge on any atom is -0.444 e. The zero-order chi connectivity index (χ0) is 12.4. The molecule has 2 aromatic carbocycles. The molecular weight excluding hydrogens is 222 g/mol. The molecule has 0 aliphatic carbocycles. The summed E-state index contributed by atoms with van der Waals surface area (Å²) in [4.78, 5) is 4.51. The average Bonchev–Trinajstić information content (AvgIpc) is 2.90. The van der Waals surface area contributed by atoms with Gasteiger partial charge in [0.05, 0.1) is 0 Å². The molecule has 0 N–H and O–H groups in total. The predicted octanol–water partition coefficient (Wildman–Crippen LogP) is 4.32. The van der Waals surface area contributed by atoms with Crippen molar-refractivity contribution < 1.29 is 4.42 Å². The van der Waals surface area contributed by atoms with Crippen LogP contribution in [0.2, 0.25) is 0 Å². The van der Waals surface area contributed by atoms with Gasteiger partial charge in [0.2, 0.25) is 5.89 Å². The number of oxazole rings is 1. The Kier molecular flexibility index (Phi) is 2.69. The van der Waals surface area contributed by atoms with Crippen molar-refractivity contribution in [3.8, 4) is 22.7 Å². The summed E-state index contributed by atoms with van der Waals surface area (Å²) in [6.45, 7) is 2.06. The molecule has 0 aliphatic heterocycles. The molecule has 3 aromatic rings. The highest BCUT2D eigenvalue weighted by atomic mass is 16.3. The van der Waals surface area contributed by atoms with Gasteiger partial charge in [-0.3, -0.25) is 0 Å². The third-order valence-electron chi connectivity index (χ3n) is 2.87. The summed E-state index contributed by atoms with van der Waals surface area (Å²) in [5.41, 5.74) is 4.17. The molecule has 0 saturated carbocycles. The molecule has 0 saturated heterocycles. The summed E-state index contributed by atoms with van der Waals surface area (Å²) >= 11 is 0. The average molecular weight is 235 g/mol. The van der Waals surface area contributed by atoms with E-state index in [1.165, 1.54) is 5.56 Å². The third-order valence-corrected chi connectivity index (χ3v) is 2.87. The van der Waals surface area contributed by atoms with E-state index in [9.17, 15) is 0 Å². The molecule has 1 aromatic heterocycles. The van der Waals surface area contributed by atoms with Crippen LogP contribution in [0.3, 0.4) is 0 Å². The van der Waals surface area contributed by atoms with Gasteiger partial charge >= 0.3 is 0 Å². The first-order valence-electron chi connectivity index (χ1n) is 5.91. The molecule has 3 rings (SSSR count). The highest BCUT2D eigenvalue weighted by molar-refractivity contribution is 5.62. The summed E-state index contributed by atoms with van der Waals surface area (Å²) in [5, 5.41) is 0. The van der Waals surface area contributed by atoms with Crippen LogP contribution in [0.1, 0.15) is 5.56 Å². The summed E-state index contributed by atoms with van der Waals surface area (Å²) in [5.74, 6) is 0.661. The monoisotopic (exact) mass is 235 g/mol. The van der Waals surface area contributed by atoms with Gasteiger partial charge in [-0.05, 0) is 19.1 Å². The third kappa shape index (κ3) is 2.05. The zero-order valence-electron chi connectivity index (χ0n) is 10.1. The second kappa shape index (κ2) is 4.49. The van der Waals surface area contributed by atoms with Crippen LogP contribution < -0.4 is 0 Å². The van der Waals surface area contributed by atoms with Crippen LogP contribution in [0, 0.1) is 6.92 Å². The van der Waals surface area contributed by atoms with Crippen molar-refractivity contribution in [2.75, 3.05) is 0 Å². The van der Waals surface area contributed by atoms with Crippen LogP contribution in [0.25, 0.3) is 22.7 Å². The van der Waals surface area contributed by atoms with Gasteiger partial charge in [-0.15, -0.1) is 0 Å². The fourth-order valence-electron chi connectivity index (χ4n) is 1.84. The topological polar surface area (TPSA) is 26.0 Å². The maximum atomic E-state index is 5.53. The number of hydrogen-bond donors (Lipinski definition) is 0. The number of hydrogen-bond acceptors (Lipinski definition) is 2. The molecule has 0 atom stereocenters. The lowest BCUT2D eigenvalue weighted by atomic mass is 10.1. The molecule has 1 heterocycles. The van der Waals surface area contributed by atoms with E-state index in [0.717, 1.165) is 16.8 Å². The minimum absolute atomic E-state index is 0.661. The lowest BCUT2D eigenvalue weighted by molar-refractivity contribution is 0.575. The van der Waals surface area contributed by atoms with Crippen molar-refractivity contribution in [1.82, 2.24) is 4.98 Å². The van der Waals surface area contributed by atoms with E-state index in [0.29, 0.717) is 5.89 Å². The fraction of sp³-hybridized carbons (Fsp3) is 0.0625. The maximum absolute atomic E-state index is 5.53. The van der Waals surface area contributed by atoms with Crippen molar-refractivity contribution >= 4 is 0 Å². The van der Waals surface area contributed by atoms with Gasteiger partial charge in [0.1, 0.15) is 12.0 Å². The normalized spacial score (nSPS) is 10.5. The lowest BCUT2D eigenvalue weighted by Crippen LogP contribution is -1.80. The standard InChI is InChI=1S/C16H13NO/c1-12-7-9-14(10-8-12)16-17-15(11-18-16)13-5-3-2-4-6-13/h2-11H,1H3. The van der Waals surface area contributed by atoms with Gasteiger partial charge in [0, 0.05) is 11.1 Å². The molecule has 0 aliphatic rings. The molecule has 0 amide bonds. The Morgan fingerprint density at radius 2 is 1.56 bits per heavy atom. The Morgan fingerprint density at radius 3 is 2.28 bits per heavy atom. The van der Waals surface area contributed by atoms with Crippen LogP contribution in [-0.4, -0.2) is 4.98 Å². The number of rotatable bonds is 2. The molecule has 0 fully saturated rings. The predicted molar refractivity (Wildman–Crippen MR) is 72.1 cm³/mol. The Balaban J connectivity index is 1.97. The van der Waals surface area contributed by atoms with Gasteiger partial charge in [0.25, 0.3) is 0 Å². The summed E-state index contributed by atoms with van der Waals surface area (Å²) < 4.78 is 5.53. The molecule has 88 valence electrons. The molecule has 0 unspecified atom stereocenters. The van der Waals surface area contributed by atoms with E-state index < -0.39 is 0 Å². The first kappa shape index (κ1) is 10.8. The molecule has 0 bridgehead atoms. The first-order chi connectivity index (χ1) is 8.83. The number of nitrogens with zero attached hydrogens (tertiary/aromatic N) is 1. The van der Waals surface area contributed by atoms with Gasteiger partial charge in [-0.1, -0.05) is 48.0 Å². The number of benzene rings is 2. The first-order valence-corrected chi connectivity index (χ1v) is 5.91. The van der Waals surface area contributed by atoms with E-state index in [-0.39, 0.29) is 0 Å². The molecule has 0 radical (unpaired) electrons. The Labute approximate surface area is 106 Å². The highest BCUT2D eigenvalue weighted by Crippen LogP contribution is 2.24. The van der Waals surface area contributed by atoms with Crippen molar-refractivity contribution in [1.29, 1.82) is 0 Å². The Hall–Kier alpha value is -2.35. The van der Waals surface area contributed by atoms with Crippen LogP contribution in [0.4, 0.5) is 0 Å². The summed E-state index contributed by atoms with van der Waals surface area (Å²) in [7, 11) is 0. The Morgan fingerprint density at radius 1 is 0.833 bits per heavy atom. The van der Waals surface area contributed by atoms with E-state index in [4.69, 9.17) is 4.42 Å². The summed E-state index contributed by atoms with van der Waals surface area (Å²) in [6.07, 6.45) is 1.70. The van der Waals surface area contributed by atoms with E-state index in [2.05, 4.69) is 24.0 Å². The van der Waals surface area contributed by atoms with E-state index in [1.807, 2.05) is 42.5 Å². The smallest absolute Gasteiger partial charge is 0.226 e. The van der Waals surface area contributed by atoms with Gasteiger partial charge in [-0.25, -0.2) is 4.98 Å². The minimum atomic E-state index is 0.661. The van der Waals surface area contributed by atoms with Crippen LogP contribution in [0.15, 0.2) is 65.3 Å². The zero-order valence-corrected chi connectivity index (χ0v) is 10.1. The SMILES string of the molecule is Cc1ccc(-c2nc(-c3ccccc3)co2)cc1. The van der Waals surface area contributed by atoms with Crippen molar-refractivity contribution in [3.05, 3.63) is 66.4 Å². The van der Waals surface area contributed by atoms with Crippen molar-refractivity contribution in [3.63, 3.8) is 0 Å². The second-order valence-electron chi connectivity index (χ2n) is 4.27. The molecule has 2 nitrogen and oxygen atoms in total. The van der Waals surface area contributed by atoms with Crippen LogP contribution in [-0.2, 0) is 0 Å². The highest BCUT2D eigenvalue weighted by Gasteiger charge is 2.07. The number of aromatic nitrogens is 1. The second-order valence-corrected chi connectivity index (χ2v) is 4.27. The Bertz CT molecular complexity index is 638. The molecule has 18 heavy (non-hydrogen) atoms. The van der Waals surface area contributed by atoms with E-state index >= 15 is 0 Å². The maximum Gasteiger partial charge on any atom is 0.226 e. The van der Waals surface area contributed by atoms with Crippen LogP contribution in [0.5, 0.6) is 0 Å².